The van der Waals surface area contributed by atoms with E-state index < -0.39 is 0 Å². The summed E-state index contributed by atoms with van der Waals surface area (Å²) in [5.74, 6) is -0.0810. The number of amides is 1. The maximum absolute atomic E-state index is 11.8. The molecule has 20 heavy (non-hydrogen) atoms. The van der Waals surface area contributed by atoms with Crippen LogP contribution >= 0.6 is 11.6 Å². The van der Waals surface area contributed by atoms with Gasteiger partial charge >= 0.3 is 0 Å². The lowest BCUT2D eigenvalue weighted by atomic mass is 9.93. The molecule has 1 aromatic rings. The predicted octanol–water partition coefficient (Wildman–Crippen LogP) is 1.95. The third kappa shape index (κ3) is 2.27. The van der Waals surface area contributed by atoms with Crippen LogP contribution in [0.1, 0.15) is 17.9 Å². The van der Waals surface area contributed by atoms with E-state index in [4.69, 9.17) is 16.8 Å². The van der Waals surface area contributed by atoms with E-state index >= 15 is 0 Å². The summed E-state index contributed by atoms with van der Waals surface area (Å²) in [6.07, 6.45) is 10.5. The summed E-state index contributed by atoms with van der Waals surface area (Å²) in [7, 11) is 1.85. The van der Waals surface area contributed by atoms with Gasteiger partial charge in [0.25, 0.3) is 0 Å². The zero-order valence-corrected chi connectivity index (χ0v) is 11.8. The fourth-order valence-electron chi connectivity index (χ4n) is 3.26. The lowest BCUT2D eigenvalue weighted by Crippen LogP contribution is -2.22. The van der Waals surface area contributed by atoms with Crippen molar-refractivity contribution in [2.45, 2.75) is 12.3 Å². The Hall–Kier alpha value is -1.59. The number of carbonyl (C=O) groups excluding carboxylic acids is 1. The Balaban J connectivity index is 1.85. The van der Waals surface area contributed by atoms with Crippen LogP contribution in [-0.2, 0) is 11.8 Å². The molecule has 2 N–H and O–H groups in total. The van der Waals surface area contributed by atoms with E-state index in [-0.39, 0.29) is 29.6 Å². The van der Waals surface area contributed by atoms with E-state index in [1.54, 1.807) is 16.4 Å². The number of hydroxylamine groups is 1. The van der Waals surface area contributed by atoms with Crippen LogP contribution in [0.5, 0.6) is 0 Å². The third-order valence-corrected chi connectivity index (χ3v) is 4.40. The highest BCUT2D eigenvalue weighted by molar-refractivity contribution is 6.31. The van der Waals surface area contributed by atoms with Gasteiger partial charge in [-0.1, -0.05) is 23.8 Å². The molecule has 2 aliphatic carbocycles. The van der Waals surface area contributed by atoms with Crippen molar-refractivity contribution < 1.29 is 10.0 Å². The number of aryl methyl sites for hydroxylation is 1. The standard InChI is InChI=1S/C14H16ClN3O2/c1-18-7-9(6-16-18)12-11(13(12)14(19)17-20)8-3-2-4-10(15)5-8/h2,4-8,11-13,20H,3H2,1H3,(H,17,19)/t8?,11-,12-,13-/m1/s1. The van der Waals surface area contributed by atoms with Gasteiger partial charge in [-0.05, 0) is 29.9 Å². The van der Waals surface area contributed by atoms with Gasteiger partial charge in [-0.25, -0.2) is 5.48 Å². The van der Waals surface area contributed by atoms with Gasteiger partial charge in [0, 0.05) is 24.2 Å². The molecule has 3 rings (SSSR count). The van der Waals surface area contributed by atoms with Crippen molar-refractivity contribution >= 4 is 17.5 Å². The minimum Gasteiger partial charge on any atom is -0.289 e. The van der Waals surface area contributed by atoms with Gasteiger partial charge in [0.2, 0.25) is 5.91 Å². The summed E-state index contributed by atoms with van der Waals surface area (Å²) < 4.78 is 1.72. The smallest absolute Gasteiger partial charge is 0.247 e. The van der Waals surface area contributed by atoms with Crippen molar-refractivity contribution in [2.24, 2.45) is 24.8 Å². The van der Waals surface area contributed by atoms with Gasteiger partial charge < -0.3 is 0 Å². The molecule has 1 heterocycles. The van der Waals surface area contributed by atoms with Crippen molar-refractivity contribution in [1.29, 1.82) is 0 Å². The molecule has 0 aromatic carbocycles. The number of rotatable bonds is 3. The molecule has 2 aliphatic rings. The van der Waals surface area contributed by atoms with Crippen molar-refractivity contribution in [3.63, 3.8) is 0 Å². The van der Waals surface area contributed by atoms with E-state index in [0.717, 1.165) is 12.0 Å². The molecular weight excluding hydrogens is 278 g/mol. The summed E-state index contributed by atoms with van der Waals surface area (Å²) in [5, 5.41) is 13.8. The first-order chi connectivity index (χ1) is 9.61. The number of carbonyl (C=O) groups is 1. The molecule has 0 spiro atoms. The van der Waals surface area contributed by atoms with Crippen molar-refractivity contribution in [1.82, 2.24) is 15.3 Å². The highest BCUT2D eigenvalue weighted by atomic mass is 35.5. The van der Waals surface area contributed by atoms with Crippen molar-refractivity contribution in [3.05, 3.63) is 41.2 Å². The minimum atomic E-state index is -0.331. The quantitative estimate of drug-likeness (QED) is 0.661. The average molecular weight is 294 g/mol. The van der Waals surface area contributed by atoms with Crippen LogP contribution in [0.2, 0.25) is 0 Å². The van der Waals surface area contributed by atoms with Gasteiger partial charge in [-0.3, -0.25) is 14.7 Å². The normalized spacial score (nSPS) is 31.9. The Kier molecular flexibility index (Phi) is 3.40. The van der Waals surface area contributed by atoms with Gasteiger partial charge in [0.15, 0.2) is 0 Å². The molecule has 1 unspecified atom stereocenters. The topological polar surface area (TPSA) is 67.2 Å². The van der Waals surface area contributed by atoms with Gasteiger partial charge in [-0.15, -0.1) is 0 Å². The zero-order valence-electron chi connectivity index (χ0n) is 11.0. The lowest BCUT2D eigenvalue weighted by molar-refractivity contribution is -0.131. The molecule has 5 nitrogen and oxygen atoms in total. The number of nitrogens with one attached hydrogen (secondary N) is 1. The van der Waals surface area contributed by atoms with E-state index in [1.165, 1.54) is 0 Å². The van der Waals surface area contributed by atoms with Crippen LogP contribution in [-0.4, -0.2) is 20.9 Å². The second-order valence-electron chi connectivity index (χ2n) is 5.41. The molecule has 1 aromatic heterocycles. The van der Waals surface area contributed by atoms with Gasteiger partial charge in [0.1, 0.15) is 0 Å². The van der Waals surface area contributed by atoms with E-state index in [9.17, 15) is 4.79 Å². The Morgan fingerprint density at radius 3 is 3.00 bits per heavy atom. The van der Waals surface area contributed by atoms with E-state index in [2.05, 4.69) is 5.10 Å². The van der Waals surface area contributed by atoms with Gasteiger partial charge in [0.05, 0.1) is 12.1 Å². The van der Waals surface area contributed by atoms with E-state index in [1.807, 2.05) is 31.5 Å². The summed E-state index contributed by atoms with van der Waals surface area (Å²) in [5.41, 5.74) is 2.81. The molecule has 0 saturated heterocycles. The fraction of sp³-hybridized carbons (Fsp3) is 0.429. The molecule has 4 atom stereocenters. The van der Waals surface area contributed by atoms with Gasteiger partial charge in [-0.2, -0.15) is 5.10 Å². The first-order valence-corrected chi connectivity index (χ1v) is 6.96. The van der Waals surface area contributed by atoms with Crippen LogP contribution in [0.3, 0.4) is 0 Å². The molecule has 1 amide bonds. The first kappa shape index (κ1) is 13.4. The summed E-state index contributed by atoms with van der Waals surface area (Å²) in [4.78, 5) is 11.8. The van der Waals surface area contributed by atoms with Crippen molar-refractivity contribution in [2.75, 3.05) is 0 Å². The minimum absolute atomic E-state index is 0.0908. The summed E-state index contributed by atoms with van der Waals surface area (Å²) >= 11 is 6.05. The Bertz CT molecular complexity index is 593. The monoisotopic (exact) mass is 293 g/mol. The molecule has 1 saturated carbocycles. The highest BCUT2D eigenvalue weighted by Crippen LogP contribution is 2.59. The van der Waals surface area contributed by atoms with Crippen LogP contribution in [0, 0.1) is 17.8 Å². The first-order valence-electron chi connectivity index (χ1n) is 6.58. The zero-order chi connectivity index (χ0) is 14.3. The third-order valence-electron chi connectivity index (χ3n) is 4.15. The average Bonchev–Trinajstić information content (AvgIpc) is 3.05. The maximum atomic E-state index is 11.8. The molecule has 1 fully saturated rings. The number of hydrogen-bond acceptors (Lipinski definition) is 3. The second kappa shape index (κ2) is 5.07. The molecule has 0 bridgehead atoms. The number of allylic oxidation sites excluding steroid dienone is 4. The SMILES string of the molecule is Cn1cc([C@H]2[C@H](C(=O)NO)[C@@H]2C2C=C(Cl)C=CC2)cn1. The summed E-state index contributed by atoms with van der Waals surface area (Å²) in [6, 6.07) is 0. The number of halogens is 1. The number of nitrogens with zero attached hydrogens (tertiary/aromatic N) is 2. The number of aromatic nitrogens is 2. The molecule has 0 aliphatic heterocycles. The molecule has 106 valence electrons. The summed E-state index contributed by atoms with van der Waals surface area (Å²) in [6.45, 7) is 0. The Morgan fingerprint density at radius 2 is 2.40 bits per heavy atom. The number of hydrogen-bond donors (Lipinski definition) is 2. The van der Waals surface area contributed by atoms with Crippen LogP contribution in [0.25, 0.3) is 0 Å². The molecular formula is C14H16ClN3O2. The van der Waals surface area contributed by atoms with Crippen LogP contribution in [0.15, 0.2) is 35.7 Å². The fourth-order valence-corrected chi connectivity index (χ4v) is 3.51. The Morgan fingerprint density at radius 1 is 1.60 bits per heavy atom. The largest absolute Gasteiger partial charge is 0.289 e. The van der Waals surface area contributed by atoms with Crippen molar-refractivity contribution in [3.8, 4) is 0 Å². The molecule has 6 heteroatoms. The van der Waals surface area contributed by atoms with Crippen LogP contribution < -0.4 is 5.48 Å². The van der Waals surface area contributed by atoms with Crippen LogP contribution in [0.4, 0.5) is 0 Å². The second-order valence-corrected chi connectivity index (χ2v) is 5.84. The van der Waals surface area contributed by atoms with E-state index in [0.29, 0.717) is 5.03 Å². The maximum Gasteiger partial charge on any atom is 0.247 e. The Labute approximate surface area is 121 Å². The molecule has 0 radical (unpaired) electrons. The highest BCUT2D eigenvalue weighted by Gasteiger charge is 2.58. The predicted molar refractivity (Wildman–Crippen MR) is 74.0 cm³/mol. The lowest BCUT2D eigenvalue weighted by Gasteiger charge is -2.14.